The van der Waals surface area contributed by atoms with E-state index in [9.17, 15) is 4.79 Å². The van der Waals surface area contributed by atoms with E-state index in [-0.39, 0.29) is 5.91 Å². The van der Waals surface area contributed by atoms with Gasteiger partial charge in [0.25, 0.3) is 0 Å². The van der Waals surface area contributed by atoms with Gasteiger partial charge in [0.15, 0.2) is 5.82 Å². The Morgan fingerprint density at radius 2 is 1.84 bits per heavy atom. The molecule has 25 heavy (non-hydrogen) atoms. The molecule has 0 bridgehead atoms. The molecular weight excluding hydrogens is 338 g/mol. The van der Waals surface area contributed by atoms with Crippen LogP contribution in [0.15, 0.2) is 29.4 Å². The van der Waals surface area contributed by atoms with Gasteiger partial charge in [-0.15, -0.1) is 10.2 Å². The largest absolute Gasteiger partial charge is 0.497 e. The summed E-state index contributed by atoms with van der Waals surface area (Å²) in [5.41, 5.74) is 0.840. The molecule has 136 valence electrons. The number of hydrogen-bond donors (Lipinski definition) is 1. The van der Waals surface area contributed by atoms with Gasteiger partial charge in [0.1, 0.15) is 5.75 Å². The van der Waals surface area contributed by atoms with Crippen LogP contribution in [0.3, 0.4) is 0 Å². The van der Waals surface area contributed by atoms with Gasteiger partial charge in [-0.25, -0.2) is 4.68 Å². The standard InChI is InChI=1S/C17H25N5O2S/c1-4-10-21(11-5-2)15(23)12-25-17-20-19-16(22(17)18)13-6-8-14(24-3)9-7-13/h6-9H,4-5,10-12,18H2,1-3H3. The molecule has 2 N–H and O–H groups in total. The van der Waals surface area contributed by atoms with Gasteiger partial charge in [0.2, 0.25) is 11.1 Å². The van der Waals surface area contributed by atoms with Gasteiger partial charge >= 0.3 is 0 Å². The summed E-state index contributed by atoms with van der Waals surface area (Å²) in [5, 5.41) is 8.77. The zero-order valence-electron chi connectivity index (χ0n) is 14.9. The summed E-state index contributed by atoms with van der Waals surface area (Å²) in [6, 6.07) is 7.42. The monoisotopic (exact) mass is 363 g/mol. The molecule has 1 heterocycles. The molecule has 1 aromatic heterocycles. The molecule has 0 atom stereocenters. The fraction of sp³-hybridized carbons (Fsp3) is 0.471. The number of amides is 1. The van der Waals surface area contributed by atoms with Gasteiger partial charge in [-0.05, 0) is 37.1 Å². The predicted molar refractivity (Wildman–Crippen MR) is 100 cm³/mol. The molecule has 0 fully saturated rings. The molecule has 0 aliphatic carbocycles. The van der Waals surface area contributed by atoms with Gasteiger partial charge in [-0.1, -0.05) is 25.6 Å². The van der Waals surface area contributed by atoms with E-state index in [0.29, 0.717) is 16.7 Å². The van der Waals surface area contributed by atoms with Crippen LogP contribution in [0, 0.1) is 0 Å². The minimum absolute atomic E-state index is 0.0997. The third-order valence-electron chi connectivity index (χ3n) is 3.68. The number of carbonyl (C=O) groups excluding carboxylic acids is 1. The van der Waals surface area contributed by atoms with Gasteiger partial charge in [-0.3, -0.25) is 4.79 Å². The van der Waals surface area contributed by atoms with E-state index in [1.54, 1.807) is 7.11 Å². The second-order valence-corrected chi connectivity index (χ2v) is 6.52. The van der Waals surface area contributed by atoms with E-state index in [0.717, 1.165) is 37.2 Å². The molecule has 0 spiro atoms. The molecule has 2 aromatic rings. The second-order valence-electron chi connectivity index (χ2n) is 5.57. The summed E-state index contributed by atoms with van der Waals surface area (Å²) < 4.78 is 6.57. The first-order valence-electron chi connectivity index (χ1n) is 8.36. The quantitative estimate of drug-likeness (QED) is 0.544. The lowest BCUT2D eigenvalue weighted by atomic mass is 10.2. The first-order valence-corrected chi connectivity index (χ1v) is 9.34. The van der Waals surface area contributed by atoms with Crippen molar-refractivity contribution in [1.29, 1.82) is 0 Å². The Labute approximate surface area is 152 Å². The van der Waals surface area contributed by atoms with Gasteiger partial charge < -0.3 is 15.5 Å². The highest BCUT2D eigenvalue weighted by molar-refractivity contribution is 7.99. The smallest absolute Gasteiger partial charge is 0.233 e. The maximum Gasteiger partial charge on any atom is 0.233 e. The lowest BCUT2D eigenvalue weighted by molar-refractivity contribution is -0.128. The fourth-order valence-electron chi connectivity index (χ4n) is 2.43. The van der Waals surface area contributed by atoms with Crippen LogP contribution in [0.4, 0.5) is 0 Å². The summed E-state index contributed by atoms with van der Waals surface area (Å²) >= 11 is 1.31. The van der Waals surface area contributed by atoms with Crippen molar-refractivity contribution in [3.63, 3.8) is 0 Å². The predicted octanol–water partition coefficient (Wildman–Crippen LogP) is 2.41. The Hall–Kier alpha value is -2.22. The van der Waals surface area contributed by atoms with E-state index in [1.165, 1.54) is 16.4 Å². The maximum absolute atomic E-state index is 12.3. The van der Waals surface area contributed by atoms with E-state index in [4.69, 9.17) is 10.6 Å². The number of nitrogens with zero attached hydrogens (tertiary/aromatic N) is 4. The van der Waals surface area contributed by atoms with E-state index >= 15 is 0 Å². The molecule has 0 unspecified atom stereocenters. The lowest BCUT2D eigenvalue weighted by Gasteiger charge is -2.21. The van der Waals surface area contributed by atoms with Crippen LogP contribution in [-0.4, -0.2) is 51.6 Å². The average molecular weight is 363 g/mol. The van der Waals surface area contributed by atoms with E-state index in [1.807, 2.05) is 29.2 Å². The van der Waals surface area contributed by atoms with Crippen LogP contribution in [0.25, 0.3) is 11.4 Å². The summed E-state index contributed by atoms with van der Waals surface area (Å²) in [5.74, 6) is 7.82. The molecule has 0 saturated heterocycles. The molecule has 0 saturated carbocycles. The number of rotatable bonds is 9. The third kappa shape index (κ3) is 4.88. The van der Waals surface area contributed by atoms with Crippen LogP contribution in [0.5, 0.6) is 5.75 Å². The Morgan fingerprint density at radius 3 is 2.40 bits per heavy atom. The topological polar surface area (TPSA) is 86.3 Å². The van der Waals surface area contributed by atoms with Crippen molar-refractivity contribution < 1.29 is 9.53 Å². The van der Waals surface area contributed by atoms with Crippen molar-refractivity contribution >= 4 is 17.7 Å². The normalized spacial score (nSPS) is 10.7. The van der Waals surface area contributed by atoms with Crippen LogP contribution in [0.2, 0.25) is 0 Å². The Balaban J connectivity index is 2.04. The number of ether oxygens (including phenoxy) is 1. The second kappa shape index (κ2) is 9.31. The van der Waals surface area contributed by atoms with Crippen molar-refractivity contribution in [2.24, 2.45) is 0 Å². The number of carbonyl (C=O) groups is 1. The summed E-state index contributed by atoms with van der Waals surface area (Å²) in [7, 11) is 1.62. The Bertz CT molecular complexity index is 681. The van der Waals surface area contributed by atoms with Crippen LogP contribution in [-0.2, 0) is 4.79 Å². The minimum atomic E-state index is 0.0997. The molecule has 2 rings (SSSR count). The van der Waals surface area contributed by atoms with Crippen molar-refractivity contribution in [3.05, 3.63) is 24.3 Å². The third-order valence-corrected chi connectivity index (χ3v) is 4.61. The molecule has 1 aromatic carbocycles. The highest BCUT2D eigenvalue weighted by atomic mass is 32.2. The number of benzene rings is 1. The van der Waals surface area contributed by atoms with Crippen molar-refractivity contribution in [2.45, 2.75) is 31.8 Å². The fourth-order valence-corrected chi connectivity index (χ4v) is 3.19. The van der Waals surface area contributed by atoms with Crippen LogP contribution < -0.4 is 10.6 Å². The number of nitrogens with two attached hydrogens (primary N) is 1. The highest BCUT2D eigenvalue weighted by Crippen LogP contribution is 2.23. The highest BCUT2D eigenvalue weighted by Gasteiger charge is 2.16. The average Bonchev–Trinajstić information content (AvgIpc) is 3.00. The van der Waals surface area contributed by atoms with Gasteiger partial charge in [0, 0.05) is 18.7 Å². The van der Waals surface area contributed by atoms with Crippen molar-refractivity contribution in [1.82, 2.24) is 19.8 Å². The summed E-state index contributed by atoms with van der Waals surface area (Å²) in [6.45, 7) is 5.70. The van der Waals surface area contributed by atoms with Gasteiger partial charge in [0.05, 0.1) is 12.9 Å². The zero-order valence-corrected chi connectivity index (χ0v) is 15.8. The number of aromatic nitrogens is 3. The molecule has 0 radical (unpaired) electrons. The minimum Gasteiger partial charge on any atom is -0.497 e. The van der Waals surface area contributed by atoms with E-state index < -0.39 is 0 Å². The SMILES string of the molecule is CCCN(CCC)C(=O)CSc1nnc(-c2ccc(OC)cc2)n1N. The molecule has 8 heteroatoms. The lowest BCUT2D eigenvalue weighted by Crippen LogP contribution is -2.33. The molecular formula is C17H25N5O2S. The number of thioether (sulfide) groups is 1. The summed E-state index contributed by atoms with van der Waals surface area (Å²) in [4.78, 5) is 14.2. The molecule has 1 amide bonds. The Kier molecular flexibility index (Phi) is 7.12. The Morgan fingerprint density at radius 1 is 1.20 bits per heavy atom. The van der Waals surface area contributed by atoms with Crippen LogP contribution in [0.1, 0.15) is 26.7 Å². The molecule has 0 aliphatic rings. The number of hydrogen-bond acceptors (Lipinski definition) is 6. The van der Waals surface area contributed by atoms with Crippen LogP contribution >= 0.6 is 11.8 Å². The first kappa shape index (κ1) is 19.1. The molecule has 0 aliphatic heterocycles. The van der Waals surface area contributed by atoms with E-state index in [2.05, 4.69) is 24.0 Å². The van der Waals surface area contributed by atoms with Crippen molar-refractivity contribution in [2.75, 3.05) is 31.8 Å². The van der Waals surface area contributed by atoms with Gasteiger partial charge in [-0.2, -0.15) is 0 Å². The zero-order chi connectivity index (χ0) is 18.2. The summed E-state index contributed by atoms with van der Waals surface area (Å²) in [6.07, 6.45) is 1.90. The molecule has 7 nitrogen and oxygen atoms in total. The maximum atomic E-state index is 12.3. The first-order chi connectivity index (χ1) is 12.1. The number of nitrogen functional groups attached to an aromatic ring is 1. The number of methoxy groups -OCH3 is 1. The van der Waals surface area contributed by atoms with Crippen molar-refractivity contribution in [3.8, 4) is 17.1 Å².